The monoisotopic (exact) mass is 341 g/mol. The van der Waals surface area contributed by atoms with Gasteiger partial charge in [-0.1, -0.05) is 23.8 Å². The number of para-hydroxylation sites is 2. The molecule has 0 unspecified atom stereocenters. The second-order valence-corrected chi connectivity index (χ2v) is 5.84. The molecule has 0 radical (unpaired) electrons. The SMILES string of the molecule is CCOc1ccccc1Nc1cc(C)nc2c(C)cc(C)cc12.[Cl-]. The Labute approximate surface area is 149 Å². The third-order valence-electron chi connectivity index (χ3n) is 3.83. The first kappa shape index (κ1) is 18.1. The van der Waals surface area contributed by atoms with Gasteiger partial charge >= 0.3 is 0 Å². The average Bonchev–Trinajstić information content (AvgIpc) is 2.51. The molecule has 0 saturated carbocycles. The van der Waals surface area contributed by atoms with Gasteiger partial charge in [0.15, 0.2) is 0 Å². The molecule has 2 aromatic carbocycles. The quantitative estimate of drug-likeness (QED) is 0.790. The van der Waals surface area contributed by atoms with E-state index in [4.69, 9.17) is 9.72 Å². The highest BCUT2D eigenvalue weighted by atomic mass is 35.5. The highest BCUT2D eigenvalue weighted by Crippen LogP contribution is 2.33. The standard InChI is InChI=1S/C20H22N2O.ClH/c1-5-23-19-9-7-6-8-17(19)22-18-12-15(4)21-20-14(3)10-13(2)11-16(18)20;/h6-12H,5H2,1-4H3,(H,21,22);1H/p-1. The number of nitrogens with one attached hydrogen (secondary N) is 1. The number of benzene rings is 2. The normalized spacial score (nSPS) is 10.3. The van der Waals surface area contributed by atoms with Crippen molar-refractivity contribution in [1.82, 2.24) is 4.98 Å². The smallest absolute Gasteiger partial charge is 0.142 e. The van der Waals surface area contributed by atoms with Crippen molar-refractivity contribution in [3.63, 3.8) is 0 Å². The van der Waals surface area contributed by atoms with E-state index in [0.29, 0.717) is 6.61 Å². The molecule has 0 spiro atoms. The van der Waals surface area contributed by atoms with Crippen LogP contribution in [0.2, 0.25) is 0 Å². The number of ether oxygens (including phenoxy) is 1. The summed E-state index contributed by atoms with van der Waals surface area (Å²) in [5.41, 5.74) is 6.52. The van der Waals surface area contributed by atoms with Crippen LogP contribution in [0.5, 0.6) is 5.75 Å². The van der Waals surface area contributed by atoms with Crippen LogP contribution >= 0.6 is 0 Å². The second kappa shape index (κ2) is 7.54. The van der Waals surface area contributed by atoms with Gasteiger partial charge in [0.2, 0.25) is 0 Å². The Balaban J connectivity index is 0.00000208. The fraction of sp³-hybridized carbons (Fsp3) is 0.250. The van der Waals surface area contributed by atoms with Crippen LogP contribution in [-0.4, -0.2) is 11.6 Å². The molecule has 0 atom stereocenters. The number of anilines is 2. The first-order valence-corrected chi connectivity index (χ1v) is 7.96. The maximum atomic E-state index is 5.72. The summed E-state index contributed by atoms with van der Waals surface area (Å²) in [7, 11) is 0. The predicted octanol–water partition coefficient (Wildman–Crippen LogP) is 2.31. The van der Waals surface area contributed by atoms with Crippen LogP contribution in [0.15, 0.2) is 42.5 Å². The molecule has 126 valence electrons. The number of nitrogens with zero attached hydrogens (tertiary/aromatic N) is 1. The van der Waals surface area contributed by atoms with Gasteiger partial charge < -0.3 is 22.5 Å². The van der Waals surface area contributed by atoms with E-state index in [-0.39, 0.29) is 12.4 Å². The van der Waals surface area contributed by atoms with Crippen molar-refractivity contribution in [3.8, 4) is 5.75 Å². The molecule has 24 heavy (non-hydrogen) atoms. The maximum absolute atomic E-state index is 5.72. The van der Waals surface area contributed by atoms with E-state index < -0.39 is 0 Å². The van der Waals surface area contributed by atoms with Gasteiger partial charge in [-0.25, -0.2) is 0 Å². The van der Waals surface area contributed by atoms with Gasteiger partial charge in [0.1, 0.15) is 5.75 Å². The summed E-state index contributed by atoms with van der Waals surface area (Å²) < 4.78 is 5.72. The number of aromatic nitrogens is 1. The zero-order chi connectivity index (χ0) is 16.4. The Morgan fingerprint density at radius 1 is 1.00 bits per heavy atom. The van der Waals surface area contributed by atoms with Crippen LogP contribution < -0.4 is 22.5 Å². The predicted molar refractivity (Wildman–Crippen MR) is 96.8 cm³/mol. The van der Waals surface area contributed by atoms with E-state index in [1.807, 2.05) is 38.1 Å². The van der Waals surface area contributed by atoms with Crippen molar-refractivity contribution >= 4 is 22.3 Å². The van der Waals surface area contributed by atoms with Crippen molar-refractivity contribution in [2.24, 2.45) is 0 Å². The summed E-state index contributed by atoms with van der Waals surface area (Å²) in [6.45, 7) is 8.89. The van der Waals surface area contributed by atoms with Crippen molar-refractivity contribution in [2.45, 2.75) is 27.7 Å². The molecule has 0 amide bonds. The van der Waals surface area contributed by atoms with E-state index in [1.165, 1.54) is 11.1 Å². The lowest BCUT2D eigenvalue weighted by atomic mass is 10.0. The molecule has 1 N–H and O–H groups in total. The molecular weight excluding hydrogens is 320 g/mol. The summed E-state index contributed by atoms with van der Waals surface area (Å²) in [4.78, 5) is 4.71. The minimum absolute atomic E-state index is 0. The summed E-state index contributed by atoms with van der Waals surface area (Å²) in [5.74, 6) is 0.863. The van der Waals surface area contributed by atoms with Crippen LogP contribution in [-0.2, 0) is 0 Å². The van der Waals surface area contributed by atoms with Crippen LogP contribution in [0.3, 0.4) is 0 Å². The van der Waals surface area contributed by atoms with E-state index in [2.05, 4.69) is 37.4 Å². The number of halogens is 1. The molecule has 0 aliphatic heterocycles. The Morgan fingerprint density at radius 3 is 2.50 bits per heavy atom. The van der Waals surface area contributed by atoms with Gasteiger partial charge in [0.05, 0.1) is 17.8 Å². The fourth-order valence-electron chi connectivity index (χ4n) is 2.91. The zero-order valence-corrected chi connectivity index (χ0v) is 15.2. The molecule has 0 saturated heterocycles. The van der Waals surface area contributed by atoms with Gasteiger partial charge in [0, 0.05) is 16.8 Å². The topological polar surface area (TPSA) is 34.1 Å². The van der Waals surface area contributed by atoms with Crippen molar-refractivity contribution in [1.29, 1.82) is 0 Å². The lowest BCUT2D eigenvalue weighted by Crippen LogP contribution is -3.00. The highest BCUT2D eigenvalue weighted by Gasteiger charge is 2.10. The van der Waals surface area contributed by atoms with E-state index in [1.54, 1.807) is 0 Å². The molecule has 3 aromatic rings. The molecule has 0 aliphatic carbocycles. The second-order valence-electron chi connectivity index (χ2n) is 5.84. The lowest BCUT2D eigenvalue weighted by Gasteiger charge is -2.15. The third-order valence-corrected chi connectivity index (χ3v) is 3.83. The molecule has 0 aliphatic rings. The van der Waals surface area contributed by atoms with Crippen molar-refractivity contribution in [3.05, 3.63) is 59.3 Å². The van der Waals surface area contributed by atoms with Crippen molar-refractivity contribution in [2.75, 3.05) is 11.9 Å². The fourth-order valence-corrected chi connectivity index (χ4v) is 2.91. The van der Waals surface area contributed by atoms with Crippen LogP contribution in [0.1, 0.15) is 23.7 Å². The molecular formula is C20H22ClN2O-. The molecule has 4 heteroatoms. The van der Waals surface area contributed by atoms with Crippen molar-refractivity contribution < 1.29 is 17.1 Å². The van der Waals surface area contributed by atoms with Gasteiger partial charge in [-0.2, -0.15) is 0 Å². The minimum atomic E-state index is 0. The Hall–Kier alpha value is -2.26. The number of hydrogen-bond donors (Lipinski definition) is 1. The Morgan fingerprint density at radius 2 is 1.75 bits per heavy atom. The van der Waals surface area contributed by atoms with Gasteiger partial charge in [-0.3, -0.25) is 4.98 Å². The van der Waals surface area contributed by atoms with Gasteiger partial charge in [-0.15, -0.1) is 0 Å². The largest absolute Gasteiger partial charge is 1.00 e. The first-order valence-electron chi connectivity index (χ1n) is 7.96. The summed E-state index contributed by atoms with van der Waals surface area (Å²) in [5, 5.41) is 4.67. The summed E-state index contributed by atoms with van der Waals surface area (Å²) in [6, 6.07) is 14.5. The summed E-state index contributed by atoms with van der Waals surface area (Å²) >= 11 is 0. The minimum Gasteiger partial charge on any atom is -1.00 e. The number of fused-ring (bicyclic) bond motifs is 1. The average molecular weight is 342 g/mol. The summed E-state index contributed by atoms with van der Waals surface area (Å²) in [6.07, 6.45) is 0. The lowest BCUT2D eigenvalue weighted by molar-refractivity contribution is -0.00000541. The first-order chi connectivity index (χ1) is 11.1. The van der Waals surface area contributed by atoms with E-state index >= 15 is 0 Å². The number of pyridine rings is 1. The number of hydrogen-bond acceptors (Lipinski definition) is 3. The molecule has 3 rings (SSSR count). The van der Waals surface area contributed by atoms with Gasteiger partial charge in [-0.05, 0) is 57.5 Å². The van der Waals surface area contributed by atoms with Crippen LogP contribution in [0.4, 0.5) is 11.4 Å². The third kappa shape index (κ3) is 3.62. The zero-order valence-electron chi connectivity index (χ0n) is 14.5. The molecule has 1 heterocycles. The Bertz CT molecular complexity index is 862. The molecule has 1 aromatic heterocycles. The van der Waals surface area contributed by atoms with E-state index in [9.17, 15) is 0 Å². The van der Waals surface area contributed by atoms with Crippen LogP contribution in [0.25, 0.3) is 10.9 Å². The Kier molecular flexibility index (Phi) is 5.68. The highest BCUT2D eigenvalue weighted by molar-refractivity contribution is 5.95. The number of aryl methyl sites for hydroxylation is 3. The molecule has 3 nitrogen and oxygen atoms in total. The number of rotatable bonds is 4. The van der Waals surface area contributed by atoms with Gasteiger partial charge in [0.25, 0.3) is 0 Å². The van der Waals surface area contributed by atoms with E-state index in [0.717, 1.165) is 33.7 Å². The molecule has 0 fully saturated rings. The van der Waals surface area contributed by atoms with Crippen LogP contribution in [0, 0.1) is 20.8 Å². The maximum Gasteiger partial charge on any atom is 0.142 e. The molecule has 0 bridgehead atoms.